The molecular formula is C10H13N5. The molecule has 0 saturated carbocycles. The Bertz CT molecular complexity index is 420. The third-order valence-corrected chi connectivity index (χ3v) is 1.94. The van der Waals surface area contributed by atoms with Crippen molar-refractivity contribution < 1.29 is 0 Å². The summed E-state index contributed by atoms with van der Waals surface area (Å²) in [5, 5.41) is 11.1. The van der Waals surface area contributed by atoms with Gasteiger partial charge >= 0.3 is 0 Å². The average Bonchev–Trinajstić information content (AvgIpc) is 2.68. The molecule has 0 aliphatic carbocycles. The van der Waals surface area contributed by atoms with E-state index in [9.17, 15) is 0 Å². The molecule has 0 aliphatic heterocycles. The minimum atomic E-state index is 0.643. The fourth-order valence-electron chi connectivity index (χ4n) is 1.17. The van der Waals surface area contributed by atoms with E-state index in [0.717, 1.165) is 11.6 Å². The molecule has 0 radical (unpaired) electrons. The van der Waals surface area contributed by atoms with Crippen LogP contribution < -0.4 is 10.2 Å². The fraction of sp³-hybridized carbons (Fsp3) is 0.200. The van der Waals surface area contributed by atoms with Crippen molar-refractivity contribution in [3.8, 4) is 0 Å². The van der Waals surface area contributed by atoms with Crippen molar-refractivity contribution in [2.75, 3.05) is 24.3 Å². The lowest BCUT2D eigenvalue weighted by Gasteiger charge is -2.05. The Morgan fingerprint density at radius 2 is 1.87 bits per heavy atom. The first-order valence-corrected chi connectivity index (χ1v) is 4.68. The summed E-state index contributed by atoms with van der Waals surface area (Å²) in [6.45, 7) is 0. The molecule has 2 rings (SSSR count). The normalized spacial score (nSPS) is 10.0. The lowest BCUT2D eigenvalue weighted by Crippen LogP contribution is -2.10. The number of rotatable bonds is 3. The smallest absolute Gasteiger partial charge is 0.227 e. The van der Waals surface area contributed by atoms with Crippen LogP contribution in [0.3, 0.4) is 0 Å². The van der Waals surface area contributed by atoms with Crippen LogP contribution in [0.25, 0.3) is 0 Å². The van der Waals surface area contributed by atoms with Gasteiger partial charge in [-0.15, -0.1) is 10.2 Å². The molecule has 1 heterocycles. The molecule has 0 unspecified atom stereocenters. The molecule has 15 heavy (non-hydrogen) atoms. The average molecular weight is 203 g/mol. The van der Waals surface area contributed by atoms with E-state index in [-0.39, 0.29) is 0 Å². The number of nitrogens with one attached hydrogen (secondary N) is 2. The number of anilines is 3. The highest BCUT2D eigenvalue weighted by atomic mass is 15.4. The minimum Gasteiger partial charge on any atom is -0.347 e. The topological polar surface area (TPSA) is 56.8 Å². The molecule has 0 amide bonds. The van der Waals surface area contributed by atoms with E-state index in [2.05, 4.69) is 20.5 Å². The van der Waals surface area contributed by atoms with Crippen LogP contribution in [0.1, 0.15) is 0 Å². The second-order valence-corrected chi connectivity index (χ2v) is 3.38. The summed E-state index contributed by atoms with van der Waals surface area (Å²) >= 11 is 0. The van der Waals surface area contributed by atoms with Crippen LogP contribution in [0.2, 0.25) is 0 Å². The second kappa shape index (κ2) is 4.00. The summed E-state index contributed by atoms with van der Waals surface area (Å²) in [5.41, 5.74) is 0.985. The number of nitrogens with zero attached hydrogens (tertiary/aromatic N) is 3. The molecule has 5 heteroatoms. The molecule has 1 aromatic carbocycles. The van der Waals surface area contributed by atoms with E-state index >= 15 is 0 Å². The first-order chi connectivity index (χ1) is 7.25. The zero-order valence-electron chi connectivity index (χ0n) is 8.73. The molecule has 0 atom stereocenters. The van der Waals surface area contributed by atoms with Gasteiger partial charge in [0.2, 0.25) is 11.9 Å². The maximum Gasteiger partial charge on any atom is 0.227 e. The second-order valence-electron chi connectivity index (χ2n) is 3.38. The number of H-pyrrole nitrogens is 1. The molecule has 78 valence electrons. The summed E-state index contributed by atoms with van der Waals surface area (Å²) in [7, 11) is 3.82. The van der Waals surface area contributed by atoms with Gasteiger partial charge in [0.25, 0.3) is 0 Å². The summed E-state index contributed by atoms with van der Waals surface area (Å²) in [6, 6.07) is 9.84. The van der Waals surface area contributed by atoms with Crippen molar-refractivity contribution in [3.05, 3.63) is 30.3 Å². The van der Waals surface area contributed by atoms with Gasteiger partial charge in [-0.1, -0.05) is 18.2 Å². The van der Waals surface area contributed by atoms with Crippen molar-refractivity contribution in [2.24, 2.45) is 0 Å². The van der Waals surface area contributed by atoms with Gasteiger partial charge in [0.05, 0.1) is 0 Å². The molecule has 0 spiro atoms. The predicted octanol–water partition coefficient (Wildman–Crippen LogP) is 1.61. The number of aromatic nitrogens is 3. The van der Waals surface area contributed by atoms with Crippen LogP contribution in [-0.4, -0.2) is 29.3 Å². The van der Waals surface area contributed by atoms with E-state index in [1.165, 1.54) is 0 Å². The van der Waals surface area contributed by atoms with Crippen LogP contribution in [0, 0.1) is 0 Å². The Labute approximate surface area is 88.1 Å². The third-order valence-electron chi connectivity index (χ3n) is 1.94. The number of para-hydroxylation sites is 1. The fourth-order valence-corrected chi connectivity index (χ4v) is 1.17. The van der Waals surface area contributed by atoms with E-state index in [4.69, 9.17) is 0 Å². The van der Waals surface area contributed by atoms with Crippen molar-refractivity contribution in [2.45, 2.75) is 0 Å². The van der Waals surface area contributed by atoms with Gasteiger partial charge in [-0.3, -0.25) is 4.98 Å². The Morgan fingerprint density at radius 1 is 1.13 bits per heavy atom. The van der Waals surface area contributed by atoms with E-state index in [1.54, 1.807) is 0 Å². The molecule has 0 fully saturated rings. The molecule has 2 aromatic rings. The SMILES string of the molecule is CN(C)c1nnc(Nc2ccccc2)[nH]1. The maximum absolute atomic E-state index is 3.97. The zero-order chi connectivity index (χ0) is 10.7. The molecule has 5 nitrogen and oxygen atoms in total. The van der Waals surface area contributed by atoms with Crippen LogP contribution in [0.4, 0.5) is 17.6 Å². The van der Waals surface area contributed by atoms with Gasteiger partial charge in [0.15, 0.2) is 0 Å². The molecule has 0 bridgehead atoms. The summed E-state index contributed by atoms with van der Waals surface area (Å²) in [4.78, 5) is 4.92. The first kappa shape index (κ1) is 9.51. The maximum atomic E-state index is 3.97. The summed E-state index contributed by atoms with van der Waals surface area (Å²) in [6.07, 6.45) is 0. The highest BCUT2D eigenvalue weighted by molar-refractivity contribution is 5.53. The summed E-state index contributed by atoms with van der Waals surface area (Å²) < 4.78 is 0. The van der Waals surface area contributed by atoms with Crippen molar-refractivity contribution in [1.82, 2.24) is 15.2 Å². The monoisotopic (exact) mass is 203 g/mol. The highest BCUT2D eigenvalue weighted by Crippen LogP contribution is 2.13. The molecule has 2 N–H and O–H groups in total. The molecule has 0 aliphatic rings. The Hall–Kier alpha value is -2.04. The zero-order valence-corrected chi connectivity index (χ0v) is 8.73. The van der Waals surface area contributed by atoms with Crippen LogP contribution in [0.5, 0.6) is 0 Å². The lowest BCUT2D eigenvalue weighted by atomic mass is 10.3. The predicted molar refractivity (Wildman–Crippen MR) is 60.4 cm³/mol. The van der Waals surface area contributed by atoms with E-state index in [0.29, 0.717) is 5.95 Å². The van der Waals surface area contributed by atoms with Crippen molar-refractivity contribution in [3.63, 3.8) is 0 Å². The Morgan fingerprint density at radius 3 is 2.47 bits per heavy atom. The van der Waals surface area contributed by atoms with E-state index < -0.39 is 0 Å². The minimum absolute atomic E-state index is 0.643. The quantitative estimate of drug-likeness (QED) is 0.795. The number of hydrogen-bond donors (Lipinski definition) is 2. The van der Waals surface area contributed by atoms with Gasteiger partial charge in [0, 0.05) is 19.8 Å². The summed E-state index contributed by atoms with van der Waals surface area (Å²) in [5.74, 6) is 1.37. The first-order valence-electron chi connectivity index (χ1n) is 4.68. The Balaban J connectivity index is 2.12. The van der Waals surface area contributed by atoms with Gasteiger partial charge in [0.1, 0.15) is 0 Å². The number of hydrogen-bond acceptors (Lipinski definition) is 4. The third kappa shape index (κ3) is 2.25. The van der Waals surface area contributed by atoms with Gasteiger partial charge in [-0.05, 0) is 12.1 Å². The molecular weight excluding hydrogens is 190 g/mol. The largest absolute Gasteiger partial charge is 0.347 e. The van der Waals surface area contributed by atoms with Gasteiger partial charge in [-0.25, -0.2) is 0 Å². The van der Waals surface area contributed by atoms with Crippen LogP contribution >= 0.6 is 0 Å². The van der Waals surface area contributed by atoms with Gasteiger partial charge in [-0.2, -0.15) is 0 Å². The highest BCUT2D eigenvalue weighted by Gasteiger charge is 2.03. The van der Waals surface area contributed by atoms with Crippen molar-refractivity contribution in [1.29, 1.82) is 0 Å². The Kier molecular flexibility index (Phi) is 2.53. The van der Waals surface area contributed by atoms with Crippen LogP contribution in [0.15, 0.2) is 30.3 Å². The molecule has 1 aromatic heterocycles. The van der Waals surface area contributed by atoms with Gasteiger partial charge < -0.3 is 10.2 Å². The van der Waals surface area contributed by atoms with Crippen molar-refractivity contribution >= 4 is 17.6 Å². The number of aromatic amines is 1. The molecule has 0 saturated heterocycles. The number of benzene rings is 1. The standard InChI is InChI=1S/C10H13N5/c1-15(2)10-12-9(13-14-10)11-8-6-4-3-5-7-8/h3-7H,1-2H3,(H2,11,12,13,14). The lowest BCUT2D eigenvalue weighted by molar-refractivity contribution is 0.999. The van der Waals surface area contributed by atoms with E-state index in [1.807, 2.05) is 49.3 Å². The van der Waals surface area contributed by atoms with Crippen LogP contribution in [-0.2, 0) is 0 Å².